The van der Waals surface area contributed by atoms with Crippen molar-refractivity contribution >= 4 is 46.6 Å². The molecule has 0 heterocycles. The lowest BCUT2D eigenvalue weighted by atomic mass is 10.2. The number of nitrogens with zero attached hydrogens (tertiary/aromatic N) is 1. The summed E-state index contributed by atoms with van der Waals surface area (Å²) >= 11 is 6.32. The minimum Gasteiger partial charge on any atom is -0.348 e. The lowest BCUT2D eigenvalue weighted by Gasteiger charge is -2.14. The van der Waals surface area contributed by atoms with E-state index in [9.17, 15) is 14.0 Å². The fourth-order valence-corrected chi connectivity index (χ4v) is 3.13. The molecule has 0 aliphatic rings. The van der Waals surface area contributed by atoms with E-state index in [0.29, 0.717) is 10.5 Å². The monoisotopic (exact) mass is 406 g/mol. The van der Waals surface area contributed by atoms with Crippen LogP contribution >= 0.6 is 24.0 Å². The molecule has 0 bridgehead atoms. The average Bonchev–Trinajstić information content (AvgIpc) is 2.66. The van der Waals surface area contributed by atoms with E-state index >= 15 is 0 Å². The van der Waals surface area contributed by atoms with Crippen molar-refractivity contribution in [3.63, 3.8) is 0 Å². The number of thioether (sulfide) groups is 1. The Labute approximate surface area is 166 Å². The number of thiocarbonyl (C=S) groups is 1. The fraction of sp³-hybridized carbons (Fsp3) is 0.167. The highest BCUT2D eigenvalue weighted by molar-refractivity contribution is 8.00. The zero-order chi connectivity index (χ0) is 19.8. The number of hydrogen-bond acceptors (Lipinski definition) is 4. The second-order valence-electron chi connectivity index (χ2n) is 5.59. The number of carbonyl (C=O) groups is 2. The quantitative estimate of drug-likeness (QED) is 0.403. The van der Waals surface area contributed by atoms with Crippen LogP contribution in [0.5, 0.6) is 0 Å². The van der Waals surface area contributed by atoms with Crippen LogP contribution in [0.1, 0.15) is 10.4 Å². The normalized spacial score (nSPS) is 10.0. The summed E-state index contributed by atoms with van der Waals surface area (Å²) in [6.45, 7) is 0. The zero-order valence-electron chi connectivity index (χ0n) is 14.8. The van der Waals surface area contributed by atoms with E-state index in [2.05, 4.69) is 16.2 Å². The van der Waals surface area contributed by atoms with Crippen LogP contribution in [0.2, 0.25) is 0 Å². The smallest absolute Gasteiger partial charge is 0.270 e. The molecule has 2 amide bonds. The third-order valence-corrected chi connectivity index (χ3v) is 4.66. The molecule has 0 radical (unpaired) electrons. The molecule has 3 N–H and O–H groups in total. The first kappa shape index (κ1) is 20.7. The molecule has 0 unspecified atom stereocenters. The maximum Gasteiger partial charge on any atom is 0.270 e. The van der Waals surface area contributed by atoms with Crippen LogP contribution in [0, 0.1) is 5.82 Å². The Hall–Kier alpha value is -2.65. The largest absolute Gasteiger partial charge is 0.348 e. The van der Waals surface area contributed by atoms with E-state index in [1.54, 1.807) is 50.5 Å². The number of carbonyl (C=O) groups excluding carboxylic acids is 2. The Morgan fingerprint density at radius 2 is 1.74 bits per heavy atom. The summed E-state index contributed by atoms with van der Waals surface area (Å²) in [5.41, 5.74) is 5.60. The van der Waals surface area contributed by atoms with Crippen molar-refractivity contribution in [3.8, 4) is 0 Å². The van der Waals surface area contributed by atoms with Gasteiger partial charge in [0.1, 0.15) is 5.82 Å². The summed E-state index contributed by atoms with van der Waals surface area (Å²) in [5.74, 6) is -0.713. The van der Waals surface area contributed by atoms with Crippen molar-refractivity contribution in [1.82, 2.24) is 15.8 Å². The number of rotatable bonds is 5. The van der Waals surface area contributed by atoms with Crippen molar-refractivity contribution in [2.75, 3.05) is 25.2 Å². The number of nitrogens with one attached hydrogen (secondary N) is 3. The highest BCUT2D eigenvalue weighted by atomic mass is 32.2. The van der Waals surface area contributed by atoms with E-state index in [1.807, 2.05) is 0 Å². The third-order valence-electron chi connectivity index (χ3n) is 3.39. The first-order chi connectivity index (χ1) is 12.9. The first-order valence-electron chi connectivity index (χ1n) is 7.92. The number of hydrazine groups is 1. The molecule has 0 atom stereocenters. The van der Waals surface area contributed by atoms with Gasteiger partial charge in [0, 0.05) is 19.0 Å². The maximum atomic E-state index is 13.6. The second kappa shape index (κ2) is 9.89. The number of hydrogen-bond donors (Lipinski definition) is 3. The van der Waals surface area contributed by atoms with Gasteiger partial charge in [0.05, 0.1) is 17.0 Å². The summed E-state index contributed by atoms with van der Waals surface area (Å²) < 4.78 is 13.6. The van der Waals surface area contributed by atoms with Crippen LogP contribution in [-0.4, -0.2) is 41.7 Å². The lowest BCUT2D eigenvalue weighted by molar-refractivity contribution is -0.125. The average molecular weight is 407 g/mol. The Balaban J connectivity index is 1.95. The predicted octanol–water partition coefficient (Wildman–Crippen LogP) is 2.64. The van der Waals surface area contributed by atoms with Crippen LogP contribution in [0.3, 0.4) is 0 Å². The molecule has 2 rings (SSSR count). The van der Waals surface area contributed by atoms with Crippen LogP contribution in [-0.2, 0) is 4.79 Å². The third kappa shape index (κ3) is 6.22. The van der Waals surface area contributed by atoms with E-state index in [1.165, 1.54) is 28.8 Å². The van der Waals surface area contributed by atoms with Gasteiger partial charge in [0.15, 0.2) is 5.11 Å². The van der Waals surface area contributed by atoms with Gasteiger partial charge in [-0.1, -0.05) is 24.3 Å². The standard InChI is InChI=1S/C18H19FN4O2S2/c1-23(2)16(24)11-27-15-10-6-3-7-12(15)17(25)21-22-18(26)20-14-9-5-4-8-13(14)19/h3-10H,11H2,1-2H3,(H,21,25)(H2,20,22,26). The molecule has 142 valence electrons. The molecule has 0 aromatic heterocycles. The number of halogens is 1. The molecule has 2 aromatic carbocycles. The molecule has 6 nitrogen and oxygen atoms in total. The number of benzene rings is 2. The minimum absolute atomic E-state index is 0.0429. The minimum atomic E-state index is -0.458. The summed E-state index contributed by atoms with van der Waals surface area (Å²) in [4.78, 5) is 26.3. The maximum absolute atomic E-state index is 13.6. The van der Waals surface area contributed by atoms with Crippen LogP contribution in [0.15, 0.2) is 53.4 Å². The highest BCUT2D eigenvalue weighted by Gasteiger charge is 2.14. The molecule has 9 heteroatoms. The van der Waals surface area contributed by atoms with Gasteiger partial charge in [0.2, 0.25) is 5.91 Å². The van der Waals surface area contributed by atoms with Gasteiger partial charge >= 0.3 is 0 Å². The summed E-state index contributed by atoms with van der Waals surface area (Å²) in [6.07, 6.45) is 0. The Kier molecular flexibility index (Phi) is 7.56. The number of amides is 2. The van der Waals surface area contributed by atoms with Crippen molar-refractivity contribution < 1.29 is 14.0 Å². The molecule has 0 spiro atoms. The molecule has 0 aliphatic heterocycles. The molecule has 2 aromatic rings. The number of para-hydroxylation sites is 1. The summed E-state index contributed by atoms with van der Waals surface area (Å²) in [5, 5.41) is 2.70. The van der Waals surface area contributed by atoms with Gasteiger partial charge in [-0.15, -0.1) is 11.8 Å². The van der Waals surface area contributed by atoms with Gasteiger partial charge in [-0.2, -0.15) is 0 Å². The molecule has 0 aliphatic carbocycles. The summed E-state index contributed by atoms with van der Waals surface area (Å²) in [6, 6.07) is 13.0. The van der Waals surface area contributed by atoms with Crippen LogP contribution in [0.25, 0.3) is 0 Å². The van der Waals surface area contributed by atoms with Gasteiger partial charge in [-0.25, -0.2) is 4.39 Å². The Bertz CT molecular complexity index is 846. The second-order valence-corrected chi connectivity index (χ2v) is 7.01. The first-order valence-corrected chi connectivity index (χ1v) is 9.31. The van der Waals surface area contributed by atoms with Crippen molar-refractivity contribution in [1.29, 1.82) is 0 Å². The van der Waals surface area contributed by atoms with Gasteiger partial charge in [-0.3, -0.25) is 20.4 Å². The van der Waals surface area contributed by atoms with Gasteiger partial charge in [-0.05, 0) is 36.5 Å². The molecule has 0 saturated heterocycles. The zero-order valence-corrected chi connectivity index (χ0v) is 16.4. The summed E-state index contributed by atoms with van der Waals surface area (Å²) in [7, 11) is 3.35. The van der Waals surface area contributed by atoms with E-state index in [4.69, 9.17) is 12.2 Å². The predicted molar refractivity (Wildman–Crippen MR) is 109 cm³/mol. The highest BCUT2D eigenvalue weighted by Crippen LogP contribution is 2.22. The lowest BCUT2D eigenvalue weighted by Crippen LogP contribution is -2.44. The van der Waals surface area contributed by atoms with Crippen LogP contribution < -0.4 is 16.2 Å². The van der Waals surface area contributed by atoms with Crippen molar-refractivity contribution in [2.45, 2.75) is 4.90 Å². The van der Waals surface area contributed by atoms with E-state index in [-0.39, 0.29) is 22.5 Å². The van der Waals surface area contributed by atoms with Gasteiger partial charge < -0.3 is 10.2 Å². The van der Waals surface area contributed by atoms with Crippen LogP contribution in [0.4, 0.5) is 10.1 Å². The van der Waals surface area contributed by atoms with Gasteiger partial charge in [0.25, 0.3) is 5.91 Å². The van der Waals surface area contributed by atoms with Crippen molar-refractivity contribution in [3.05, 3.63) is 59.9 Å². The molecular weight excluding hydrogens is 387 g/mol. The van der Waals surface area contributed by atoms with E-state index < -0.39 is 11.7 Å². The van der Waals surface area contributed by atoms with Crippen molar-refractivity contribution in [2.24, 2.45) is 0 Å². The molecule has 0 fully saturated rings. The fourth-order valence-electron chi connectivity index (χ4n) is 1.95. The topological polar surface area (TPSA) is 73.5 Å². The molecule has 0 saturated carbocycles. The Morgan fingerprint density at radius 1 is 1.07 bits per heavy atom. The number of anilines is 1. The SMILES string of the molecule is CN(C)C(=O)CSc1ccccc1C(=O)NNC(=S)Nc1ccccc1F. The Morgan fingerprint density at radius 3 is 2.44 bits per heavy atom. The molecule has 27 heavy (non-hydrogen) atoms. The van der Waals surface area contributed by atoms with E-state index in [0.717, 1.165) is 0 Å². The molecular formula is C18H19FN4O2S2.